The zero-order valence-corrected chi connectivity index (χ0v) is 12.5. The molecule has 0 unspecified atom stereocenters. The number of benzene rings is 1. The van der Waals surface area contributed by atoms with Crippen molar-refractivity contribution in [2.75, 3.05) is 12.3 Å². The highest BCUT2D eigenvalue weighted by atomic mass is 32.1. The Morgan fingerprint density at radius 2 is 2.16 bits per heavy atom. The number of aromatic nitrogens is 1. The summed E-state index contributed by atoms with van der Waals surface area (Å²) in [6, 6.07) is 5.88. The van der Waals surface area contributed by atoms with Crippen LogP contribution in [0.4, 0.5) is 5.69 Å². The molecule has 2 N–H and O–H groups in total. The van der Waals surface area contributed by atoms with Gasteiger partial charge in [0.05, 0.1) is 12.3 Å². The summed E-state index contributed by atoms with van der Waals surface area (Å²) in [6.45, 7) is 7.06. The molecule has 4 heteroatoms. The van der Waals surface area contributed by atoms with Crippen LogP contribution in [-0.2, 0) is 0 Å². The van der Waals surface area contributed by atoms with Gasteiger partial charge in [-0.25, -0.2) is 4.98 Å². The number of hydrogen-bond donors (Lipinski definition) is 1. The summed E-state index contributed by atoms with van der Waals surface area (Å²) in [4.78, 5) is 4.46. The fraction of sp³-hybridized carbons (Fsp3) is 0.400. The Balaban J connectivity index is 2.09. The van der Waals surface area contributed by atoms with E-state index in [0.29, 0.717) is 18.2 Å². The number of rotatable bonds is 5. The van der Waals surface area contributed by atoms with Crippen LogP contribution in [0.15, 0.2) is 23.6 Å². The lowest BCUT2D eigenvalue weighted by atomic mass is 10.1. The van der Waals surface area contributed by atoms with E-state index in [1.165, 1.54) is 0 Å². The highest BCUT2D eigenvalue weighted by Crippen LogP contribution is 2.30. The van der Waals surface area contributed by atoms with E-state index in [1.807, 2.05) is 30.5 Å². The number of nitrogen functional groups attached to an aromatic ring is 1. The number of aryl methyl sites for hydroxylation is 1. The molecule has 0 atom stereocenters. The number of nitrogens with zero attached hydrogens (tertiary/aromatic N) is 1. The number of thiazole rings is 1. The topological polar surface area (TPSA) is 48.1 Å². The van der Waals surface area contributed by atoms with Gasteiger partial charge >= 0.3 is 0 Å². The second-order valence-corrected chi connectivity index (χ2v) is 5.94. The van der Waals surface area contributed by atoms with Crippen LogP contribution >= 0.6 is 11.3 Å². The molecule has 2 rings (SSSR count). The molecule has 0 radical (unpaired) electrons. The molecular weight excluding hydrogens is 256 g/mol. The summed E-state index contributed by atoms with van der Waals surface area (Å²) in [7, 11) is 0. The maximum atomic E-state index is 6.03. The van der Waals surface area contributed by atoms with Crippen molar-refractivity contribution in [2.45, 2.75) is 27.2 Å². The van der Waals surface area contributed by atoms with Crippen molar-refractivity contribution in [1.29, 1.82) is 0 Å². The predicted molar refractivity (Wildman–Crippen MR) is 81.6 cm³/mol. The number of nitrogens with two attached hydrogens (primary N) is 1. The molecule has 0 amide bonds. The van der Waals surface area contributed by atoms with Crippen molar-refractivity contribution < 1.29 is 4.74 Å². The van der Waals surface area contributed by atoms with Crippen LogP contribution in [0.5, 0.6) is 5.75 Å². The average molecular weight is 276 g/mol. The van der Waals surface area contributed by atoms with Crippen LogP contribution in [0.2, 0.25) is 0 Å². The first-order chi connectivity index (χ1) is 9.06. The van der Waals surface area contributed by atoms with Gasteiger partial charge in [0.25, 0.3) is 0 Å². The largest absolute Gasteiger partial charge is 0.491 e. The van der Waals surface area contributed by atoms with Gasteiger partial charge in [-0.2, -0.15) is 0 Å². The quantitative estimate of drug-likeness (QED) is 0.835. The third-order valence-electron chi connectivity index (χ3n) is 2.83. The summed E-state index contributed by atoms with van der Waals surface area (Å²) in [5, 5.41) is 3.04. The zero-order valence-electron chi connectivity index (χ0n) is 11.6. The van der Waals surface area contributed by atoms with Gasteiger partial charge in [0.2, 0.25) is 0 Å². The Morgan fingerprint density at radius 3 is 2.74 bits per heavy atom. The molecule has 1 aromatic carbocycles. The molecule has 3 nitrogen and oxygen atoms in total. The van der Waals surface area contributed by atoms with Gasteiger partial charge in [-0.15, -0.1) is 11.3 Å². The molecule has 0 spiro atoms. The van der Waals surface area contributed by atoms with Gasteiger partial charge in [-0.1, -0.05) is 13.8 Å². The molecule has 1 aromatic heterocycles. The minimum Gasteiger partial charge on any atom is -0.491 e. The van der Waals surface area contributed by atoms with E-state index in [4.69, 9.17) is 10.5 Å². The minimum atomic E-state index is 0.638. The van der Waals surface area contributed by atoms with Crippen LogP contribution < -0.4 is 10.5 Å². The Hall–Kier alpha value is -1.55. The molecule has 0 aliphatic rings. The lowest BCUT2D eigenvalue weighted by Crippen LogP contribution is -2.03. The normalized spacial score (nSPS) is 10.9. The van der Waals surface area contributed by atoms with Crippen LogP contribution in [0.1, 0.15) is 26.0 Å². The van der Waals surface area contributed by atoms with Gasteiger partial charge in [-0.05, 0) is 37.5 Å². The first-order valence-electron chi connectivity index (χ1n) is 6.51. The summed E-state index contributed by atoms with van der Waals surface area (Å²) < 4.78 is 5.70. The van der Waals surface area contributed by atoms with Crippen LogP contribution in [0, 0.1) is 12.8 Å². The second-order valence-electron chi connectivity index (χ2n) is 5.08. The predicted octanol–water partition coefficient (Wildman–Crippen LogP) is 4.13. The van der Waals surface area contributed by atoms with Crippen molar-refractivity contribution >= 4 is 17.0 Å². The van der Waals surface area contributed by atoms with Gasteiger partial charge in [0.1, 0.15) is 10.8 Å². The first kappa shape index (κ1) is 13.9. The van der Waals surface area contributed by atoms with Crippen molar-refractivity contribution in [3.05, 3.63) is 29.3 Å². The van der Waals surface area contributed by atoms with Gasteiger partial charge in [-0.3, -0.25) is 0 Å². The minimum absolute atomic E-state index is 0.638. The number of anilines is 1. The SMILES string of the molecule is Cc1csc(-c2ccc(OCCC(C)C)c(N)c2)n1. The van der Waals surface area contributed by atoms with E-state index >= 15 is 0 Å². The van der Waals surface area contributed by atoms with E-state index < -0.39 is 0 Å². The fourth-order valence-electron chi connectivity index (χ4n) is 1.70. The molecular formula is C15H20N2OS. The van der Waals surface area contributed by atoms with E-state index in [9.17, 15) is 0 Å². The summed E-state index contributed by atoms with van der Waals surface area (Å²) in [5.41, 5.74) is 8.80. The Labute approximate surface area is 118 Å². The molecule has 0 fully saturated rings. The Bertz CT molecular complexity index is 549. The monoisotopic (exact) mass is 276 g/mol. The standard InChI is InChI=1S/C15H20N2OS/c1-10(2)6-7-18-14-5-4-12(8-13(14)16)15-17-11(3)9-19-15/h4-5,8-10H,6-7,16H2,1-3H3. The smallest absolute Gasteiger partial charge is 0.142 e. The van der Waals surface area contributed by atoms with Gasteiger partial charge in [0.15, 0.2) is 0 Å². The zero-order chi connectivity index (χ0) is 13.8. The van der Waals surface area contributed by atoms with Gasteiger partial charge < -0.3 is 10.5 Å². The maximum Gasteiger partial charge on any atom is 0.142 e. The Kier molecular flexibility index (Phi) is 4.43. The molecule has 0 saturated heterocycles. The average Bonchev–Trinajstić information content (AvgIpc) is 2.77. The molecule has 102 valence electrons. The highest BCUT2D eigenvalue weighted by Gasteiger charge is 2.07. The second kappa shape index (κ2) is 6.06. The highest BCUT2D eigenvalue weighted by molar-refractivity contribution is 7.13. The third-order valence-corrected chi connectivity index (χ3v) is 3.84. The van der Waals surface area contributed by atoms with Crippen molar-refractivity contribution in [3.8, 4) is 16.3 Å². The molecule has 0 bridgehead atoms. The summed E-state index contributed by atoms with van der Waals surface area (Å²) in [5.74, 6) is 1.40. The van der Waals surface area contributed by atoms with Crippen LogP contribution in [0.25, 0.3) is 10.6 Å². The Morgan fingerprint density at radius 1 is 1.37 bits per heavy atom. The van der Waals surface area contributed by atoms with Crippen molar-refractivity contribution in [3.63, 3.8) is 0 Å². The fourth-order valence-corrected chi connectivity index (χ4v) is 2.50. The van der Waals surface area contributed by atoms with E-state index in [-0.39, 0.29) is 0 Å². The molecule has 1 heterocycles. The number of hydrogen-bond acceptors (Lipinski definition) is 4. The lowest BCUT2D eigenvalue weighted by molar-refractivity contribution is 0.291. The summed E-state index contributed by atoms with van der Waals surface area (Å²) in [6.07, 6.45) is 1.03. The van der Waals surface area contributed by atoms with E-state index in [2.05, 4.69) is 18.8 Å². The molecule has 19 heavy (non-hydrogen) atoms. The first-order valence-corrected chi connectivity index (χ1v) is 7.39. The lowest BCUT2D eigenvalue weighted by Gasteiger charge is -2.11. The van der Waals surface area contributed by atoms with Crippen LogP contribution in [-0.4, -0.2) is 11.6 Å². The van der Waals surface area contributed by atoms with Gasteiger partial charge in [0, 0.05) is 16.6 Å². The maximum absolute atomic E-state index is 6.03. The van der Waals surface area contributed by atoms with Crippen molar-refractivity contribution in [2.24, 2.45) is 5.92 Å². The molecule has 0 saturated carbocycles. The molecule has 2 aromatic rings. The molecule has 0 aliphatic carbocycles. The number of ether oxygens (including phenoxy) is 1. The van der Waals surface area contributed by atoms with Crippen LogP contribution in [0.3, 0.4) is 0 Å². The van der Waals surface area contributed by atoms with E-state index in [0.717, 1.165) is 28.4 Å². The third kappa shape index (κ3) is 3.70. The molecule has 0 aliphatic heterocycles. The van der Waals surface area contributed by atoms with Crippen molar-refractivity contribution in [1.82, 2.24) is 4.98 Å². The van der Waals surface area contributed by atoms with E-state index in [1.54, 1.807) is 11.3 Å². The summed E-state index contributed by atoms with van der Waals surface area (Å²) >= 11 is 1.63.